The zero-order valence-electron chi connectivity index (χ0n) is 22.5. The Morgan fingerprint density at radius 3 is 2.20 bits per heavy atom. The summed E-state index contributed by atoms with van der Waals surface area (Å²) in [5.74, 6) is 0.00541. The van der Waals surface area contributed by atoms with Crippen LogP contribution in [0.2, 0.25) is 0 Å². The first kappa shape index (κ1) is 28.7. The maximum atomic E-state index is 13.8. The second-order valence-electron chi connectivity index (χ2n) is 9.75. The molecule has 0 aliphatic carbocycles. The molecule has 0 fully saturated rings. The van der Waals surface area contributed by atoms with E-state index in [1.54, 1.807) is 18.2 Å². The Morgan fingerprint density at radius 1 is 0.875 bits per heavy atom. The minimum atomic E-state index is -3.88. The predicted molar refractivity (Wildman–Crippen MR) is 159 cm³/mol. The second kappa shape index (κ2) is 12.7. The van der Waals surface area contributed by atoms with Gasteiger partial charge in [0.1, 0.15) is 5.84 Å². The summed E-state index contributed by atoms with van der Waals surface area (Å²) in [5, 5.41) is 13.2. The Balaban J connectivity index is 1.61. The molecule has 206 valence electrons. The molecule has 1 atom stereocenters. The molecule has 4 aromatic rings. The molecule has 0 aromatic heterocycles. The van der Waals surface area contributed by atoms with Gasteiger partial charge in [0.05, 0.1) is 17.4 Å². The van der Waals surface area contributed by atoms with Gasteiger partial charge in [-0.2, -0.15) is 0 Å². The third-order valence-electron chi connectivity index (χ3n) is 6.83. The lowest BCUT2D eigenvalue weighted by Gasteiger charge is -2.33. The lowest BCUT2D eigenvalue weighted by atomic mass is 9.95. The number of nitrogens with one attached hydrogen (secondary N) is 1. The molecule has 0 heterocycles. The van der Waals surface area contributed by atoms with E-state index in [4.69, 9.17) is 16.3 Å². The van der Waals surface area contributed by atoms with Crippen LogP contribution in [-0.2, 0) is 27.7 Å². The van der Waals surface area contributed by atoms with Crippen LogP contribution in [-0.4, -0.2) is 31.6 Å². The monoisotopic (exact) mass is 554 g/mol. The van der Waals surface area contributed by atoms with Gasteiger partial charge in [0, 0.05) is 17.7 Å². The van der Waals surface area contributed by atoms with Gasteiger partial charge in [-0.25, -0.2) is 13.6 Å². The number of benzene rings is 4. The molecule has 0 radical (unpaired) electrons. The first-order valence-electron chi connectivity index (χ1n) is 13.2. The molecule has 0 saturated heterocycles. The molecule has 4 rings (SSSR count). The van der Waals surface area contributed by atoms with Crippen LogP contribution in [0.15, 0.2) is 108 Å². The third-order valence-corrected chi connectivity index (χ3v) is 7.80. The van der Waals surface area contributed by atoms with E-state index < -0.39 is 10.0 Å². The molecule has 1 unspecified atom stereocenters. The van der Waals surface area contributed by atoms with Crippen molar-refractivity contribution in [3.05, 3.63) is 125 Å². The van der Waals surface area contributed by atoms with Crippen molar-refractivity contribution in [3.63, 3.8) is 0 Å². The Kier molecular flexibility index (Phi) is 9.14. The van der Waals surface area contributed by atoms with E-state index in [1.165, 1.54) is 6.07 Å². The summed E-state index contributed by atoms with van der Waals surface area (Å²) < 4.78 is 24.1. The topological polar surface area (TPSA) is 130 Å². The molecular formula is C32H34N4O3S. The molecule has 4 aromatic carbocycles. The number of carbonyl (C=O) groups is 1. The molecular weight excluding hydrogens is 520 g/mol. The van der Waals surface area contributed by atoms with Crippen LogP contribution in [0.4, 0.5) is 0 Å². The molecule has 40 heavy (non-hydrogen) atoms. The lowest BCUT2D eigenvalue weighted by Crippen LogP contribution is -2.37. The first-order valence-corrected chi connectivity index (χ1v) is 14.7. The number of hydrogen-bond donors (Lipinski definition) is 3. The largest absolute Gasteiger partial charge is 0.384 e. The maximum Gasteiger partial charge on any atom is 0.238 e. The number of amides is 1. The summed E-state index contributed by atoms with van der Waals surface area (Å²) in [6.07, 6.45) is 1.58. The summed E-state index contributed by atoms with van der Waals surface area (Å²) in [7, 11) is -3.88. The normalized spacial score (nSPS) is 12.1. The third kappa shape index (κ3) is 7.02. The Hall–Kier alpha value is -4.27. The number of carbonyl (C=O) groups excluding carboxylic acids is 1. The fourth-order valence-corrected chi connectivity index (χ4v) is 5.66. The summed E-state index contributed by atoms with van der Waals surface area (Å²) in [6.45, 7) is 2.64. The molecule has 0 saturated carbocycles. The zero-order chi connectivity index (χ0) is 28.7. The molecule has 7 nitrogen and oxygen atoms in total. The molecule has 8 heteroatoms. The smallest absolute Gasteiger partial charge is 0.238 e. The van der Waals surface area contributed by atoms with Crippen molar-refractivity contribution in [2.45, 2.75) is 37.1 Å². The SMILES string of the molecule is CCCN(C(=O)Cc1ccc(-c2ccccc2S(N)(=O)=O)cc1)C(Cc1cccc(C(=N)N)c1)c1ccccc1. The zero-order valence-corrected chi connectivity index (χ0v) is 23.3. The minimum Gasteiger partial charge on any atom is -0.384 e. The number of primary sulfonamides is 1. The maximum absolute atomic E-state index is 13.8. The van der Waals surface area contributed by atoms with E-state index in [2.05, 4.69) is 6.92 Å². The van der Waals surface area contributed by atoms with Gasteiger partial charge in [-0.05, 0) is 47.2 Å². The van der Waals surface area contributed by atoms with Crippen molar-refractivity contribution in [2.24, 2.45) is 10.9 Å². The van der Waals surface area contributed by atoms with Crippen molar-refractivity contribution in [3.8, 4) is 11.1 Å². The Bertz CT molecular complexity index is 1590. The number of amidine groups is 1. The average molecular weight is 555 g/mol. The van der Waals surface area contributed by atoms with Crippen molar-refractivity contribution < 1.29 is 13.2 Å². The Morgan fingerprint density at radius 2 is 1.55 bits per heavy atom. The van der Waals surface area contributed by atoms with E-state index in [-0.39, 0.29) is 29.1 Å². The van der Waals surface area contributed by atoms with E-state index in [1.807, 2.05) is 83.8 Å². The summed E-state index contributed by atoms with van der Waals surface area (Å²) in [4.78, 5) is 15.8. The summed E-state index contributed by atoms with van der Waals surface area (Å²) in [6, 6.07) is 31.3. The highest BCUT2D eigenvalue weighted by atomic mass is 32.2. The van der Waals surface area contributed by atoms with Gasteiger partial charge in [-0.1, -0.05) is 97.9 Å². The van der Waals surface area contributed by atoms with Gasteiger partial charge < -0.3 is 10.6 Å². The van der Waals surface area contributed by atoms with Crippen LogP contribution in [0.25, 0.3) is 11.1 Å². The van der Waals surface area contributed by atoms with E-state index in [0.717, 1.165) is 23.1 Å². The summed E-state index contributed by atoms with van der Waals surface area (Å²) >= 11 is 0. The van der Waals surface area contributed by atoms with Crippen molar-refractivity contribution >= 4 is 21.8 Å². The Labute approximate surface area is 236 Å². The van der Waals surface area contributed by atoms with Gasteiger partial charge in [0.25, 0.3) is 0 Å². The molecule has 1 amide bonds. The van der Waals surface area contributed by atoms with Crippen molar-refractivity contribution in [1.82, 2.24) is 4.90 Å². The van der Waals surface area contributed by atoms with Gasteiger partial charge in [-0.3, -0.25) is 10.2 Å². The highest BCUT2D eigenvalue weighted by Crippen LogP contribution is 2.29. The minimum absolute atomic E-state index is 0.00360. The number of nitrogens with two attached hydrogens (primary N) is 2. The lowest BCUT2D eigenvalue weighted by molar-refractivity contribution is -0.133. The number of nitrogens with zero attached hydrogens (tertiary/aromatic N) is 1. The number of sulfonamides is 1. The average Bonchev–Trinajstić information content (AvgIpc) is 2.95. The highest BCUT2D eigenvalue weighted by molar-refractivity contribution is 7.89. The van der Waals surface area contributed by atoms with Crippen LogP contribution in [0.3, 0.4) is 0 Å². The quantitative estimate of drug-likeness (QED) is 0.177. The van der Waals surface area contributed by atoms with Crippen LogP contribution in [0.5, 0.6) is 0 Å². The van der Waals surface area contributed by atoms with Gasteiger partial charge in [-0.15, -0.1) is 0 Å². The van der Waals surface area contributed by atoms with Crippen LogP contribution >= 0.6 is 0 Å². The van der Waals surface area contributed by atoms with Crippen LogP contribution in [0, 0.1) is 5.41 Å². The molecule has 0 spiro atoms. The van der Waals surface area contributed by atoms with E-state index >= 15 is 0 Å². The van der Waals surface area contributed by atoms with Crippen molar-refractivity contribution in [2.75, 3.05) is 6.54 Å². The fraction of sp³-hybridized carbons (Fsp3) is 0.188. The first-order chi connectivity index (χ1) is 19.2. The van der Waals surface area contributed by atoms with E-state index in [9.17, 15) is 13.2 Å². The van der Waals surface area contributed by atoms with E-state index in [0.29, 0.717) is 29.7 Å². The number of nitrogen functional groups attached to an aromatic ring is 1. The fourth-order valence-electron chi connectivity index (χ4n) is 4.90. The van der Waals surface area contributed by atoms with Gasteiger partial charge >= 0.3 is 0 Å². The van der Waals surface area contributed by atoms with Gasteiger partial charge in [0.2, 0.25) is 15.9 Å². The van der Waals surface area contributed by atoms with Crippen LogP contribution < -0.4 is 10.9 Å². The summed E-state index contributed by atoms with van der Waals surface area (Å²) in [5.41, 5.74) is 10.5. The predicted octanol–water partition coefficient (Wildman–Crippen LogP) is 5.05. The molecule has 5 N–H and O–H groups in total. The second-order valence-corrected chi connectivity index (χ2v) is 11.3. The number of hydrogen-bond acceptors (Lipinski definition) is 4. The van der Waals surface area contributed by atoms with Crippen LogP contribution in [0.1, 0.15) is 41.6 Å². The highest BCUT2D eigenvalue weighted by Gasteiger charge is 2.25. The molecule has 0 aliphatic heterocycles. The molecule has 0 aliphatic rings. The van der Waals surface area contributed by atoms with Gasteiger partial charge in [0.15, 0.2) is 0 Å². The van der Waals surface area contributed by atoms with Crippen molar-refractivity contribution in [1.29, 1.82) is 5.41 Å². The molecule has 0 bridgehead atoms. The number of rotatable bonds is 11. The standard InChI is InChI=1S/C32H34N4O3S/c1-2-19-36(29(26-10-4-3-5-11-26)21-24-9-8-12-27(20-24)32(33)34)31(37)22-23-15-17-25(18-16-23)28-13-6-7-14-30(28)40(35,38)39/h3-18,20,29H,2,19,21-22H2,1H3,(H3,33,34)(H2,35,38,39).